The minimum atomic E-state index is -2.21. The van der Waals surface area contributed by atoms with E-state index in [9.17, 15) is 55.1 Å². The van der Waals surface area contributed by atoms with E-state index in [0.29, 0.717) is 36.7 Å². The van der Waals surface area contributed by atoms with E-state index in [0.717, 1.165) is 7.11 Å². The minimum absolute atomic E-state index is 0.00753. The SMILES string of the molecule is COC(=O)N[C@@H]1[C@H](C)O[C@@H](O[C@H]2C/C=C(\C)[C@@H]3C=C[C@@H]4[C@@H](O[C@H]5C[C@@H](O[C@@H]6C[C@@H](O)[C@H](O[C@H]7C[C@H](O)[C@H](O[C@H]8CC[C@H](O)[C@@H](C)O8)[C@H](C)O7)[C@H](C)O6)[C@H](OC(C)=O)[C@H](C)O5)[C@H](C)C[C@@H](C)[C@@H]4[C@]3(C)C(O)=C3C(=O)O[C@@]4(CC(C=O)=C[C@@H](O)[C@H]4/C=C/2C)C3=O)C[C@@]1(C)N([O-])O. The number of hydrogen-bond acceptors (Lipinski definition) is 26. The molecule has 6 aliphatic heterocycles. The number of allylic oxidation sites excluding steroid dienone is 3. The zero-order valence-corrected chi connectivity index (χ0v) is 55.8. The number of aliphatic hydroxyl groups excluding tert-OH is 5. The van der Waals surface area contributed by atoms with E-state index in [1.54, 1.807) is 47.6 Å². The Balaban J connectivity index is 0.910. The molecular formula is C67H97N2O25-. The molecule has 94 heavy (non-hydrogen) atoms. The number of methoxy groups -OCH3 is 1. The summed E-state index contributed by atoms with van der Waals surface area (Å²) in [5.41, 5.74) is -4.86. The van der Waals surface area contributed by atoms with E-state index in [2.05, 4.69) is 5.32 Å². The molecule has 4 aliphatic carbocycles. The number of hydroxylamine groups is 2. The van der Waals surface area contributed by atoms with Gasteiger partial charge in [-0.1, -0.05) is 50.6 Å². The van der Waals surface area contributed by atoms with Gasteiger partial charge in [0.2, 0.25) is 5.78 Å². The summed E-state index contributed by atoms with van der Waals surface area (Å²) in [6.07, 6.45) is -8.43. The zero-order valence-electron chi connectivity index (χ0n) is 55.8. The zero-order chi connectivity index (χ0) is 68.4. The number of aldehydes is 1. The van der Waals surface area contributed by atoms with Crippen LogP contribution in [0.5, 0.6) is 0 Å². The average molecular weight is 1330 g/mol. The number of aliphatic hydroxyl groups is 5. The summed E-state index contributed by atoms with van der Waals surface area (Å²) in [6.45, 7) is 20.8. The van der Waals surface area contributed by atoms with Crippen LogP contribution in [0.1, 0.15) is 141 Å². The molecule has 7 fully saturated rings. The van der Waals surface area contributed by atoms with Gasteiger partial charge in [0.15, 0.2) is 43.2 Å². The highest BCUT2D eigenvalue weighted by Gasteiger charge is 2.65. The molecule has 0 aromatic heterocycles. The summed E-state index contributed by atoms with van der Waals surface area (Å²) in [6, 6.07) is -1.07. The maximum atomic E-state index is 15.6. The Hall–Kier alpha value is -4.63. The lowest BCUT2D eigenvalue weighted by Crippen LogP contribution is -2.67. The van der Waals surface area contributed by atoms with Gasteiger partial charge in [-0.25, -0.2) is 9.59 Å². The number of Topliss-reactive ketones (excluding diaryl/α,β-unsaturated/α-hetero) is 1. The van der Waals surface area contributed by atoms with Gasteiger partial charge in [0.05, 0.1) is 91.8 Å². The number of ether oxygens (including phenoxy) is 13. The standard InChI is InChI=1S/C67H97N2O25/c1-29-14-18-47(89-53-27-65(11,69(80)81)60(37(9)87-53)68-64(79)82-13)30(2)21-42-44(73)22-39(28-70)26-67(42)62(77)54(63(78)94-67)61(76)66(12)41(29)16-15-40-55(66)31(3)20-32(4)56(40)92-52-25-48(59(36(8)86-52)88-38(10)71)90-50-23-45(74)58(35(7)84-50)93-51-24-46(75)57(34(6)85-51)91-49-19-17-43(72)33(5)83-49/h14-16,21-22,28,31-37,40-53,55-60,72-76,80H,17-20,23-27H2,1-13H3,(H,68,79)/q-1/b29-14+,30-21+,61-54?/t31-,32-,33-,34+,35+,36+,37+,40+,41+,42-,43+,44-,45-,46+,47+,48-,49+,50-,51+,52+,53+,55+,56+,57-,58-,59-,60-,65-,66-,67-/m1/s1. The van der Waals surface area contributed by atoms with E-state index in [1.807, 2.05) is 45.9 Å². The lowest BCUT2D eigenvalue weighted by molar-refractivity contribution is -0.342. The van der Waals surface area contributed by atoms with Crippen LogP contribution >= 0.6 is 0 Å². The number of carbonyl (C=O) groups is 5. The molecule has 27 heteroatoms. The van der Waals surface area contributed by atoms with Gasteiger partial charge in [0, 0.05) is 62.7 Å². The van der Waals surface area contributed by atoms with Crippen molar-refractivity contribution in [2.45, 2.75) is 281 Å². The van der Waals surface area contributed by atoms with Crippen LogP contribution in [0, 0.1) is 46.1 Å². The molecule has 6 saturated heterocycles. The van der Waals surface area contributed by atoms with Crippen LogP contribution in [-0.2, 0) is 80.8 Å². The Morgan fingerprint density at radius 2 is 1.31 bits per heavy atom. The maximum absolute atomic E-state index is 15.6. The number of nitrogens with zero attached hydrogens (tertiary/aromatic N) is 1. The van der Waals surface area contributed by atoms with Crippen molar-refractivity contribution in [3.05, 3.63) is 63.6 Å². The fraction of sp³-hybridized carbons (Fsp3) is 0.776. The summed E-state index contributed by atoms with van der Waals surface area (Å²) >= 11 is 0. The molecule has 1 spiro atoms. The third-order valence-corrected chi connectivity index (χ3v) is 21.8. The Morgan fingerprint density at radius 1 is 0.713 bits per heavy atom. The van der Waals surface area contributed by atoms with Gasteiger partial charge in [-0.3, -0.25) is 19.6 Å². The fourth-order valence-electron chi connectivity index (χ4n) is 17.0. The van der Waals surface area contributed by atoms with Crippen LogP contribution in [0.25, 0.3) is 0 Å². The number of esters is 2. The highest BCUT2D eigenvalue weighted by molar-refractivity contribution is 6.26. The van der Waals surface area contributed by atoms with Gasteiger partial charge in [0.1, 0.15) is 35.9 Å². The van der Waals surface area contributed by atoms with Crippen LogP contribution in [-0.4, -0.2) is 213 Å². The topological polar surface area (TPSA) is 365 Å². The lowest BCUT2D eigenvalue weighted by atomic mass is 9.49. The number of carbonyl (C=O) groups excluding carboxylic acids is 5. The highest BCUT2D eigenvalue weighted by atomic mass is 16.8. The summed E-state index contributed by atoms with van der Waals surface area (Å²) < 4.78 is 81.1. The Labute approximate surface area is 547 Å². The van der Waals surface area contributed by atoms with E-state index in [-0.39, 0.29) is 54.7 Å². The van der Waals surface area contributed by atoms with E-state index < -0.39 is 211 Å². The molecule has 1 amide bonds. The summed E-state index contributed by atoms with van der Waals surface area (Å²) in [4.78, 5) is 68.1. The normalized spacial score (nSPS) is 47.9. The molecule has 1 saturated carbocycles. The van der Waals surface area contributed by atoms with E-state index in [4.69, 9.17) is 61.6 Å². The predicted octanol–water partition coefficient (Wildman–Crippen LogP) is 5.24. The molecule has 10 aliphatic rings. The molecule has 0 aromatic carbocycles. The number of rotatable bonds is 14. The smallest absolute Gasteiger partial charge is 0.407 e. The Morgan fingerprint density at radius 3 is 1.91 bits per heavy atom. The second-order valence-corrected chi connectivity index (χ2v) is 28.4. The van der Waals surface area contributed by atoms with Crippen LogP contribution in [0.3, 0.4) is 0 Å². The first-order valence-corrected chi connectivity index (χ1v) is 33.2. The van der Waals surface area contributed by atoms with Crippen LogP contribution in [0.2, 0.25) is 0 Å². The van der Waals surface area contributed by atoms with Crippen LogP contribution in [0.15, 0.2) is 58.4 Å². The highest BCUT2D eigenvalue weighted by Crippen LogP contribution is 2.61. The summed E-state index contributed by atoms with van der Waals surface area (Å²) in [5.74, 6) is -6.68. The Bertz CT molecular complexity index is 2930. The number of ketones is 1. The molecule has 7 N–H and O–H groups in total. The Kier molecular flexibility index (Phi) is 22.0. The van der Waals surface area contributed by atoms with Crippen molar-refractivity contribution in [3.8, 4) is 0 Å². The number of alkyl carbamates (subject to hydrolysis) is 1. The molecule has 10 rings (SSSR count). The number of amides is 1. The van der Waals surface area contributed by atoms with Crippen molar-refractivity contribution < 1.29 is 116 Å². The summed E-state index contributed by atoms with van der Waals surface area (Å²) in [5, 5.41) is 84.2. The quantitative estimate of drug-likeness (QED) is 0.0292. The molecule has 2 bridgehead atoms. The molecule has 27 nitrogen and oxygen atoms in total. The first-order valence-electron chi connectivity index (χ1n) is 33.2. The third kappa shape index (κ3) is 14.1. The minimum Gasteiger partial charge on any atom is -0.762 e. The molecule has 6 heterocycles. The van der Waals surface area contributed by atoms with Crippen LogP contribution in [0.4, 0.5) is 4.79 Å². The lowest BCUT2D eigenvalue weighted by Gasteiger charge is -2.56. The van der Waals surface area contributed by atoms with Gasteiger partial charge in [0.25, 0.3) is 0 Å². The van der Waals surface area contributed by atoms with Crippen molar-refractivity contribution in [3.63, 3.8) is 0 Å². The molecule has 526 valence electrons. The largest absolute Gasteiger partial charge is 0.762 e. The predicted molar refractivity (Wildman–Crippen MR) is 327 cm³/mol. The molecule has 0 radical (unpaired) electrons. The number of hydrogen-bond donors (Lipinski definition) is 7. The van der Waals surface area contributed by atoms with Crippen molar-refractivity contribution >= 4 is 30.1 Å². The van der Waals surface area contributed by atoms with Crippen LogP contribution < -0.4 is 5.32 Å². The van der Waals surface area contributed by atoms with Gasteiger partial charge in [-0.15, -0.1) is 0 Å². The van der Waals surface area contributed by atoms with Crippen molar-refractivity contribution in [1.82, 2.24) is 10.5 Å². The first-order chi connectivity index (χ1) is 44.3. The van der Waals surface area contributed by atoms with Crippen molar-refractivity contribution in [1.29, 1.82) is 0 Å². The molecule has 0 unspecified atom stereocenters. The number of nitrogens with one attached hydrogen (secondary N) is 1. The van der Waals surface area contributed by atoms with Gasteiger partial charge >= 0.3 is 18.0 Å². The maximum Gasteiger partial charge on any atom is 0.407 e. The second-order valence-electron chi connectivity index (χ2n) is 28.4. The van der Waals surface area contributed by atoms with Gasteiger partial charge in [-0.2, -0.15) is 0 Å². The number of fused-ring (bicyclic) bond motifs is 4. The van der Waals surface area contributed by atoms with E-state index in [1.165, 1.54) is 19.9 Å². The van der Waals surface area contributed by atoms with Gasteiger partial charge in [-0.05, 0) is 110 Å². The van der Waals surface area contributed by atoms with Gasteiger partial charge < -0.3 is 103 Å². The summed E-state index contributed by atoms with van der Waals surface area (Å²) in [7, 11) is 1.16. The second kappa shape index (κ2) is 28.7. The molecular weight excluding hydrogens is 1230 g/mol. The monoisotopic (exact) mass is 1330 g/mol. The average Bonchev–Trinajstić information content (AvgIpc) is 1.35. The first kappa shape index (κ1) is 72.1. The van der Waals surface area contributed by atoms with Crippen molar-refractivity contribution in [2.75, 3.05) is 7.11 Å². The third-order valence-electron chi connectivity index (χ3n) is 21.8. The molecule has 0 aromatic rings. The van der Waals surface area contributed by atoms with E-state index >= 15 is 4.79 Å². The fourth-order valence-corrected chi connectivity index (χ4v) is 17.0. The molecule has 30 atom stereocenters. The van der Waals surface area contributed by atoms with Crippen molar-refractivity contribution in [2.24, 2.45) is 40.9 Å².